The molecule has 1 rings (SSSR count). The third-order valence-electron chi connectivity index (χ3n) is 5.23. The number of carbonyl (C=O) groups is 6. The average Bonchev–Trinajstić information content (AvgIpc) is 3.26. The highest BCUT2D eigenvalue weighted by Crippen LogP contribution is 2.19. The number of nitrogens with one attached hydrogen (secondary N) is 3. The number of thioether (sulfide) groups is 1. The summed E-state index contributed by atoms with van der Waals surface area (Å²) < 4.78 is 0. The summed E-state index contributed by atoms with van der Waals surface area (Å²) in [6.07, 6.45) is 2.40. The molecule has 4 atom stereocenters. The van der Waals surface area contributed by atoms with E-state index in [1.165, 1.54) is 23.6 Å². The molecule has 0 radical (unpaired) electrons. The van der Waals surface area contributed by atoms with Crippen molar-refractivity contribution < 1.29 is 39.0 Å². The van der Waals surface area contributed by atoms with E-state index in [1.807, 2.05) is 0 Å². The van der Waals surface area contributed by atoms with E-state index in [4.69, 9.17) is 5.73 Å². The predicted molar refractivity (Wildman–Crippen MR) is 122 cm³/mol. The maximum atomic E-state index is 13.0. The number of amides is 5. The monoisotopic (exact) mass is 503 g/mol. The van der Waals surface area contributed by atoms with Crippen molar-refractivity contribution in [2.45, 2.75) is 63.2 Å². The second-order valence-electron chi connectivity index (χ2n) is 7.87. The van der Waals surface area contributed by atoms with E-state index >= 15 is 0 Å². The third-order valence-corrected chi connectivity index (χ3v) is 5.88. The molecular weight excluding hydrogens is 470 g/mol. The van der Waals surface area contributed by atoms with Gasteiger partial charge in [0.25, 0.3) is 0 Å². The van der Waals surface area contributed by atoms with Gasteiger partial charge in [-0.25, -0.2) is 4.79 Å². The minimum Gasteiger partial charge on any atom is -0.480 e. The minimum atomic E-state index is -1.36. The number of carboxylic acids is 1. The Bertz CT molecular complexity index is 780. The van der Waals surface area contributed by atoms with Crippen LogP contribution in [0.15, 0.2) is 0 Å². The molecule has 0 bridgehead atoms. The second-order valence-corrected chi connectivity index (χ2v) is 8.86. The van der Waals surface area contributed by atoms with Gasteiger partial charge in [0.15, 0.2) is 0 Å². The maximum Gasteiger partial charge on any atom is 0.326 e. The fourth-order valence-corrected chi connectivity index (χ4v) is 3.99. The zero-order valence-electron chi connectivity index (χ0n) is 19.2. The smallest absolute Gasteiger partial charge is 0.326 e. The van der Waals surface area contributed by atoms with Gasteiger partial charge in [-0.15, -0.1) is 0 Å². The normalized spacial score (nSPS) is 17.9. The molecule has 0 aromatic heterocycles. The molecule has 1 aliphatic heterocycles. The molecule has 14 heteroatoms. The highest BCUT2D eigenvalue weighted by atomic mass is 32.2. The number of aliphatic hydroxyl groups excluding tert-OH is 1. The Balaban J connectivity index is 2.92. The molecule has 192 valence electrons. The molecule has 5 amide bonds. The lowest BCUT2D eigenvalue weighted by atomic mass is 10.1. The van der Waals surface area contributed by atoms with E-state index in [0.29, 0.717) is 18.6 Å². The number of aliphatic carboxylic acids is 1. The van der Waals surface area contributed by atoms with Gasteiger partial charge in [-0.2, -0.15) is 11.8 Å². The molecule has 1 fully saturated rings. The summed E-state index contributed by atoms with van der Waals surface area (Å²) in [4.78, 5) is 73.5. The summed E-state index contributed by atoms with van der Waals surface area (Å²) in [7, 11) is 0. The lowest BCUT2D eigenvalue weighted by molar-refractivity contribution is -0.144. The van der Waals surface area contributed by atoms with Crippen molar-refractivity contribution in [2.24, 2.45) is 5.73 Å². The number of carboxylic acid groups (broad SMARTS) is 1. The average molecular weight is 504 g/mol. The summed E-state index contributed by atoms with van der Waals surface area (Å²) in [5, 5.41) is 26.0. The van der Waals surface area contributed by atoms with Gasteiger partial charge in [0.1, 0.15) is 24.2 Å². The standard InChI is InChI=1S/C20H33N5O8S/c1-11(27)22-14(10-26)19(31)25-8-3-4-15(25)18(30)23-12(7-9-34-2)17(29)24-13(20(32)33)5-6-16(21)28/h12-15,26H,3-10H2,1-2H3,(H2,21,28)(H,22,27)(H,23,30)(H,24,29)(H,32,33)/t12-,13-,14-,15-/m0/s1. The summed E-state index contributed by atoms with van der Waals surface area (Å²) in [5.74, 6) is -4.02. The summed E-state index contributed by atoms with van der Waals surface area (Å²) >= 11 is 1.42. The van der Waals surface area contributed by atoms with Crippen LogP contribution < -0.4 is 21.7 Å². The van der Waals surface area contributed by atoms with Crippen LogP contribution in [0.3, 0.4) is 0 Å². The molecule has 0 unspecified atom stereocenters. The van der Waals surface area contributed by atoms with Crippen LogP contribution in [-0.4, -0.2) is 99.9 Å². The Labute approximate surface area is 201 Å². The number of aliphatic hydroxyl groups is 1. The number of nitrogens with two attached hydrogens (primary N) is 1. The van der Waals surface area contributed by atoms with Gasteiger partial charge >= 0.3 is 5.97 Å². The van der Waals surface area contributed by atoms with E-state index in [1.54, 1.807) is 6.26 Å². The Morgan fingerprint density at radius 1 is 1.06 bits per heavy atom. The fraction of sp³-hybridized carbons (Fsp3) is 0.700. The van der Waals surface area contributed by atoms with Crippen molar-refractivity contribution in [3.63, 3.8) is 0 Å². The molecule has 1 saturated heterocycles. The van der Waals surface area contributed by atoms with Gasteiger partial charge in [-0.1, -0.05) is 0 Å². The fourth-order valence-electron chi connectivity index (χ4n) is 3.52. The number of hydrogen-bond acceptors (Lipinski definition) is 8. The first kappa shape index (κ1) is 29.2. The van der Waals surface area contributed by atoms with E-state index in [9.17, 15) is 39.0 Å². The highest BCUT2D eigenvalue weighted by Gasteiger charge is 2.38. The van der Waals surface area contributed by atoms with E-state index in [-0.39, 0.29) is 25.8 Å². The van der Waals surface area contributed by atoms with Crippen molar-refractivity contribution in [1.82, 2.24) is 20.9 Å². The highest BCUT2D eigenvalue weighted by molar-refractivity contribution is 7.98. The van der Waals surface area contributed by atoms with Crippen molar-refractivity contribution in [2.75, 3.05) is 25.2 Å². The first-order chi connectivity index (χ1) is 16.0. The van der Waals surface area contributed by atoms with Gasteiger partial charge in [-0.3, -0.25) is 24.0 Å². The quantitative estimate of drug-likeness (QED) is 0.148. The van der Waals surface area contributed by atoms with E-state index < -0.39 is 66.3 Å². The van der Waals surface area contributed by atoms with Crippen LogP contribution in [0.5, 0.6) is 0 Å². The van der Waals surface area contributed by atoms with Crippen LogP contribution >= 0.6 is 11.8 Å². The Morgan fingerprint density at radius 2 is 1.74 bits per heavy atom. The zero-order chi connectivity index (χ0) is 25.8. The number of primary amides is 1. The molecule has 1 aliphatic rings. The molecular formula is C20H33N5O8S. The van der Waals surface area contributed by atoms with E-state index in [2.05, 4.69) is 16.0 Å². The Hall–Kier alpha value is -2.87. The second kappa shape index (κ2) is 14.4. The van der Waals surface area contributed by atoms with Gasteiger partial charge < -0.3 is 36.8 Å². The summed E-state index contributed by atoms with van der Waals surface area (Å²) in [6, 6.07) is -4.54. The predicted octanol–water partition coefficient (Wildman–Crippen LogP) is -2.45. The largest absolute Gasteiger partial charge is 0.480 e. The summed E-state index contributed by atoms with van der Waals surface area (Å²) in [5.41, 5.74) is 5.05. The van der Waals surface area contributed by atoms with Gasteiger partial charge in [0.2, 0.25) is 29.5 Å². The molecule has 0 saturated carbocycles. The van der Waals surface area contributed by atoms with Crippen LogP contribution in [-0.2, 0) is 28.8 Å². The Morgan fingerprint density at radius 3 is 2.26 bits per heavy atom. The molecule has 0 spiro atoms. The number of hydrogen-bond donors (Lipinski definition) is 6. The topological polar surface area (TPSA) is 208 Å². The molecule has 1 heterocycles. The first-order valence-electron chi connectivity index (χ1n) is 10.8. The first-order valence-corrected chi connectivity index (χ1v) is 12.2. The van der Waals surface area contributed by atoms with Crippen LogP contribution in [0.2, 0.25) is 0 Å². The van der Waals surface area contributed by atoms with Crippen LogP contribution in [0, 0.1) is 0 Å². The van der Waals surface area contributed by atoms with Gasteiger partial charge in [0.05, 0.1) is 6.61 Å². The maximum absolute atomic E-state index is 13.0. The lowest BCUT2D eigenvalue weighted by Crippen LogP contribution is -2.57. The van der Waals surface area contributed by atoms with Crippen LogP contribution in [0.1, 0.15) is 39.0 Å². The molecule has 0 aromatic carbocycles. The molecule has 13 nitrogen and oxygen atoms in total. The van der Waals surface area contributed by atoms with Crippen molar-refractivity contribution in [1.29, 1.82) is 0 Å². The third kappa shape index (κ3) is 9.17. The van der Waals surface area contributed by atoms with Crippen molar-refractivity contribution in [3.05, 3.63) is 0 Å². The molecule has 0 aliphatic carbocycles. The molecule has 34 heavy (non-hydrogen) atoms. The Kier molecular flexibility index (Phi) is 12.4. The van der Waals surface area contributed by atoms with Gasteiger partial charge in [-0.05, 0) is 37.7 Å². The molecule has 7 N–H and O–H groups in total. The number of nitrogens with zero attached hydrogens (tertiary/aromatic N) is 1. The van der Waals surface area contributed by atoms with Gasteiger partial charge in [0, 0.05) is 19.9 Å². The number of likely N-dealkylation sites (tertiary alicyclic amines) is 1. The van der Waals surface area contributed by atoms with Crippen LogP contribution in [0.4, 0.5) is 0 Å². The van der Waals surface area contributed by atoms with Crippen molar-refractivity contribution in [3.8, 4) is 0 Å². The SMILES string of the molecule is CSCC[C@H](NC(=O)[C@@H]1CCCN1C(=O)[C@H](CO)NC(C)=O)C(=O)N[C@@H](CCC(N)=O)C(=O)O. The lowest BCUT2D eigenvalue weighted by Gasteiger charge is -2.29. The van der Waals surface area contributed by atoms with E-state index in [0.717, 1.165) is 0 Å². The van der Waals surface area contributed by atoms with Crippen molar-refractivity contribution >= 4 is 47.3 Å². The zero-order valence-corrected chi connectivity index (χ0v) is 20.1. The summed E-state index contributed by atoms with van der Waals surface area (Å²) in [6.45, 7) is 0.805. The molecule has 0 aromatic rings. The number of rotatable bonds is 14. The number of carbonyl (C=O) groups excluding carboxylic acids is 5. The van der Waals surface area contributed by atoms with Crippen LogP contribution in [0.25, 0.3) is 0 Å². The minimum absolute atomic E-state index is 0.198.